The lowest BCUT2D eigenvalue weighted by Gasteiger charge is -2.29. The molecule has 0 aliphatic heterocycles. The number of hydrogen-bond acceptors (Lipinski definition) is 2. The van der Waals surface area contributed by atoms with Crippen LogP contribution in [0.3, 0.4) is 0 Å². The molecule has 0 spiro atoms. The van der Waals surface area contributed by atoms with Crippen molar-refractivity contribution < 1.29 is 0 Å². The Morgan fingerprint density at radius 2 is 2.18 bits per heavy atom. The van der Waals surface area contributed by atoms with Gasteiger partial charge in [0.15, 0.2) is 0 Å². The lowest BCUT2D eigenvalue weighted by atomic mass is 9.82. The minimum absolute atomic E-state index is 0.0329. The van der Waals surface area contributed by atoms with Gasteiger partial charge >= 0.3 is 0 Å². The van der Waals surface area contributed by atoms with Crippen molar-refractivity contribution in [3.8, 4) is 0 Å². The monoisotopic (exact) mass is 257 g/mol. The van der Waals surface area contributed by atoms with Gasteiger partial charge in [-0.25, -0.2) is 0 Å². The quantitative estimate of drug-likeness (QED) is 0.848. The van der Waals surface area contributed by atoms with Crippen LogP contribution in [-0.4, -0.2) is 22.9 Å². The summed E-state index contributed by atoms with van der Waals surface area (Å²) in [6.45, 7) is 9.74. The molecule has 1 rings (SSSR count). The first kappa shape index (κ1) is 14.5. The smallest absolute Gasteiger partial charge is 0.0823 e. The largest absolute Gasteiger partial charge is 0.317 e. The fraction of sp³-hybridized carbons (Fsp3) is 0.769. The van der Waals surface area contributed by atoms with E-state index in [1.54, 1.807) is 6.20 Å². The maximum absolute atomic E-state index is 6.29. The number of nitrogens with one attached hydrogen (secondary N) is 1. The van der Waals surface area contributed by atoms with Crippen molar-refractivity contribution in [2.24, 2.45) is 0 Å². The van der Waals surface area contributed by atoms with E-state index in [9.17, 15) is 0 Å². The van der Waals surface area contributed by atoms with Crippen LogP contribution in [0.1, 0.15) is 46.2 Å². The highest BCUT2D eigenvalue weighted by molar-refractivity contribution is 6.31. The lowest BCUT2D eigenvalue weighted by Crippen LogP contribution is -2.32. The van der Waals surface area contributed by atoms with Crippen LogP contribution in [0.25, 0.3) is 0 Å². The van der Waals surface area contributed by atoms with E-state index in [0.29, 0.717) is 6.04 Å². The molecule has 0 saturated heterocycles. The maximum atomic E-state index is 6.29. The third kappa shape index (κ3) is 3.46. The van der Waals surface area contributed by atoms with E-state index in [2.05, 4.69) is 38.1 Å². The van der Waals surface area contributed by atoms with Crippen molar-refractivity contribution in [2.45, 2.75) is 58.5 Å². The highest BCUT2D eigenvalue weighted by Crippen LogP contribution is 2.33. The van der Waals surface area contributed by atoms with E-state index in [1.165, 1.54) is 0 Å². The van der Waals surface area contributed by atoms with Gasteiger partial charge in [0, 0.05) is 18.0 Å². The summed E-state index contributed by atoms with van der Waals surface area (Å²) >= 11 is 6.29. The third-order valence-corrected chi connectivity index (χ3v) is 3.46. The van der Waals surface area contributed by atoms with Crippen LogP contribution in [0.4, 0.5) is 0 Å². The standard InChI is InChI=1S/C13H24ClN3/c1-6-7-17-12(11(14)9-16-17)13(3,4)8-10(2)15-5/h9-10,15H,6-8H2,1-5H3. The van der Waals surface area contributed by atoms with Crippen LogP contribution in [0.5, 0.6) is 0 Å². The molecule has 17 heavy (non-hydrogen) atoms. The fourth-order valence-corrected chi connectivity index (χ4v) is 2.78. The van der Waals surface area contributed by atoms with Gasteiger partial charge in [0.25, 0.3) is 0 Å². The fourth-order valence-electron chi connectivity index (χ4n) is 2.38. The molecule has 98 valence electrons. The molecule has 1 N–H and O–H groups in total. The molecule has 0 saturated carbocycles. The van der Waals surface area contributed by atoms with E-state index in [0.717, 1.165) is 30.1 Å². The van der Waals surface area contributed by atoms with Crippen LogP contribution < -0.4 is 5.32 Å². The number of halogens is 1. The molecule has 0 aliphatic carbocycles. The second-order valence-electron chi connectivity index (χ2n) is 5.34. The molecule has 0 aliphatic rings. The Balaban J connectivity index is 2.99. The summed E-state index contributed by atoms with van der Waals surface area (Å²) in [6.07, 6.45) is 3.87. The van der Waals surface area contributed by atoms with Crippen molar-refractivity contribution in [3.05, 3.63) is 16.9 Å². The summed E-state index contributed by atoms with van der Waals surface area (Å²) in [5.41, 5.74) is 1.19. The van der Waals surface area contributed by atoms with E-state index in [1.807, 2.05) is 11.7 Å². The number of hydrogen-bond donors (Lipinski definition) is 1. The van der Waals surface area contributed by atoms with Gasteiger partial charge in [0.2, 0.25) is 0 Å². The molecule has 1 aromatic rings. The van der Waals surface area contributed by atoms with Gasteiger partial charge in [-0.3, -0.25) is 4.68 Å². The molecule has 0 fully saturated rings. The van der Waals surface area contributed by atoms with Crippen LogP contribution in [-0.2, 0) is 12.0 Å². The Morgan fingerprint density at radius 1 is 1.53 bits per heavy atom. The van der Waals surface area contributed by atoms with Crippen molar-refractivity contribution in [3.63, 3.8) is 0 Å². The zero-order valence-electron chi connectivity index (χ0n) is 11.5. The zero-order valence-corrected chi connectivity index (χ0v) is 12.3. The summed E-state index contributed by atoms with van der Waals surface area (Å²) < 4.78 is 2.05. The second kappa shape index (κ2) is 5.87. The molecule has 0 aromatic carbocycles. The molecule has 0 bridgehead atoms. The van der Waals surface area contributed by atoms with Gasteiger partial charge in [-0.1, -0.05) is 32.4 Å². The second-order valence-corrected chi connectivity index (χ2v) is 5.75. The Labute approximate surface area is 110 Å². The van der Waals surface area contributed by atoms with Gasteiger partial charge in [0.1, 0.15) is 0 Å². The highest BCUT2D eigenvalue weighted by atomic mass is 35.5. The molecule has 1 atom stereocenters. The van der Waals surface area contributed by atoms with Crippen LogP contribution in [0, 0.1) is 0 Å². The number of aryl methyl sites for hydroxylation is 1. The van der Waals surface area contributed by atoms with Crippen LogP contribution in [0.2, 0.25) is 5.02 Å². The van der Waals surface area contributed by atoms with E-state index >= 15 is 0 Å². The zero-order chi connectivity index (χ0) is 13.1. The number of nitrogens with zero attached hydrogens (tertiary/aromatic N) is 2. The third-order valence-electron chi connectivity index (χ3n) is 3.18. The Morgan fingerprint density at radius 3 is 2.71 bits per heavy atom. The topological polar surface area (TPSA) is 29.9 Å². The molecule has 4 heteroatoms. The molecule has 0 radical (unpaired) electrons. The molecular weight excluding hydrogens is 234 g/mol. The van der Waals surface area contributed by atoms with E-state index < -0.39 is 0 Å². The molecular formula is C13H24ClN3. The van der Waals surface area contributed by atoms with Gasteiger partial charge in [0.05, 0.1) is 16.9 Å². The predicted molar refractivity (Wildman–Crippen MR) is 73.7 cm³/mol. The SMILES string of the molecule is CCCn1ncc(Cl)c1C(C)(C)CC(C)NC. The Kier molecular flexibility index (Phi) is 5.02. The molecule has 0 amide bonds. The van der Waals surface area contributed by atoms with Crippen molar-refractivity contribution in [1.82, 2.24) is 15.1 Å². The summed E-state index contributed by atoms with van der Waals surface area (Å²) in [5.74, 6) is 0. The van der Waals surface area contributed by atoms with Crippen molar-refractivity contribution >= 4 is 11.6 Å². The first-order chi connectivity index (χ1) is 7.92. The van der Waals surface area contributed by atoms with Crippen LogP contribution in [0.15, 0.2) is 6.20 Å². The summed E-state index contributed by atoms with van der Waals surface area (Å²) in [6, 6.07) is 0.464. The molecule has 1 aromatic heterocycles. The predicted octanol–water partition coefficient (Wildman–Crippen LogP) is 3.22. The summed E-state index contributed by atoms with van der Waals surface area (Å²) in [4.78, 5) is 0. The normalized spacial score (nSPS) is 14.0. The average Bonchev–Trinajstić information content (AvgIpc) is 2.60. The Bertz CT molecular complexity index is 358. The highest BCUT2D eigenvalue weighted by Gasteiger charge is 2.29. The minimum Gasteiger partial charge on any atom is -0.317 e. The molecule has 1 unspecified atom stereocenters. The number of rotatable bonds is 6. The maximum Gasteiger partial charge on any atom is 0.0823 e. The van der Waals surface area contributed by atoms with Gasteiger partial charge in [-0.2, -0.15) is 5.10 Å². The van der Waals surface area contributed by atoms with Crippen molar-refractivity contribution in [1.29, 1.82) is 0 Å². The summed E-state index contributed by atoms with van der Waals surface area (Å²) in [5, 5.41) is 8.43. The van der Waals surface area contributed by atoms with E-state index in [-0.39, 0.29) is 5.41 Å². The van der Waals surface area contributed by atoms with Gasteiger partial charge < -0.3 is 5.32 Å². The summed E-state index contributed by atoms with van der Waals surface area (Å²) in [7, 11) is 1.99. The Hall–Kier alpha value is -0.540. The molecule has 1 heterocycles. The first-order valence-electron chi connectivity index (χ1n) is 6.31. The first-order valence-corrected chi connectivity index (χ1v) is 6.69. The average molecular weight is 258 g/mol. The molecule has 3 nitrogen and oxygen atoms in total. The van der Waals surface area contributed by atoms with E-state index in [4.69, 9.17) is 11.6 Å². The van der Waals surface area contributed by atoms with Crippen LogP contribution >= 0.6 is 11.6 Å². The minimum atomic E-state index is 0.0329. The lowest BCUT2D eigenvalue weighted by molar-refractivity contribution is 0.373. The van der Waals surface area contributed by atoms with Gasteiger partial charge in [-0.05, 0) is 26.8 Å². The van der Waals surface area contributed by atoms with Crippen molar-refractivity contribution in [2.75, 3.05) is 7.05 Å². The van der Waals surface area contributed by atoms with Gasteiger partial charge in [-0.15, -0.1) is 0 Å². The number of aromatic nitrogens is 2.